The molecule has 3 aromatic rings. The summed E-state index contributed by atoms with van der Waals surface area (Å²) in [6, 6.07) is 17.3. The summed E-state index contributed by atoms with van der Waals surface area (Å²) in [6.45, 7) is 1.99. The van der Waals surface area contributed by atoms with E-state index in [2.05, 4.69) is 57.5 Å². The van der Waals surface area contributed by atoms with Gasteiger partial charge in [0.05, 0.1) is 0 Å². The lowest BCUT2D eigenvalue weighted by atomic mass is 9.72. The van der Waals surface area contributed by atoms with Crippen molar-refractivity contribution in [3.05, 3.63) is 65.9 Å². The third-order valence-electron chi connectivity index (χ3n) is 6.44. The van der Waals surface area contributed by atoms with Crippen molar-refractivity contribution in [2.75, 3.05) is 25.5 Å². The van der Waals surface area contributed by atoms with Crippen LogP contribution in [0.15, 0.2) is 54.7 Å². The third-order valence-corrected chi connectivity index (χ3v) is 6.64. The lowest BCUT2D eigenvalue weighted by Gasteiger charge is -2.45. The van der Waals surface area contributed by atoms with E-state index in [4.69, 9.17) is 12.2 Å². The Hall–Kier alpha value is -2.41. The quantitative estimate of drug-likeness (QED) is 0.395. The van der Waals surface area contributed by atoms with Gasteiger partial charge in [0, 0.05) is 47.8 Å². The van der Waals surface area contributed by atoms with Crippen molar-refractivity contribution < 1.29 is 0 Å². The van der Waals surface area contributed by atoms with E-state index in [1.807, 2.05) is 30.3 Å². The molecule has 1 saturated heterocycles. The van der Waals surface area contributed by atoms with Crippen molar-refractivity contribution >= 4 is 33.9 Å². The van der Waals surface area contributed by atoms with Crippen LogP contribution in [0.1, 0.15) is 23.5 Å². The average Bonchev–Trinajstić information content (AvgIpc) is 3.14. The molecule has 150 valence electrons. The van der Waals surface area contributed by atoms with Crippen molar-refractivity contribution in [1.29, 1.82) is 0 Å². The predicted molar refractivity (Wildman–Crippen MR) is 123 cm³/mol. The Morgan fingerprint density at radius 1 is 1.17 bits per heavy atom. The van der Waals surface area contributed by atoms with E-state index in [1.165, 1.54) is 28.5 Å². The Balaban J connectivity index is 1.22. The van der Waals surface area contributed by atoms with Gasteiger partial charge in [0.2, 0.25) is 0 Å². The molecule has 1 aliphatic heterocycles. The standard InChI is InChI=1S/C23H27N5S/c1-28-14-15(12-25-27-23(29)26-17-6-3-2-4-7-17)10-19-18-8-5-9-20-22(18)16(13-24-20)11-21(19)28/h2-9,13,15,19,21,24-25H,10-12,14H2,1H3,(H2,26,27,29)/t15-,19?,21+/m0/s1. The Morgan fingerprint density at radius 2 is 2.03 bits per heavy atom. The largest absolute Gasteiger partial charge is 0.361 e. The van der Waals surface area contributed by atoms with Gasteiger partial charge in [-0.25, -0.2) is 5.43 Å². The van der Waals surface area contributed by atoms with Gasteiger partial charge in [-0.05, 0) is 67.4 Å². The van der Waals surface area contributed by atoms with Gasteiger partial charge in [0.1, 0.15) is 0 Å². The van der Waals surface area contributed by atoms with Crippen LogP contribution < -0.4 is 16.2 Å². The number of rotatable bonds is 4. The number of hydrogen-bond acceptors (Lipinski definition) is 3. The molecule has 29 heavy (non-hydrogen) atoms. The highest BCUT2D eigenvalue weighted by Gasteiger charge is 2.39. The van der Waals surface area contributed by atoms with Gasteiger partial charge in [-0.3, -0.25) is 5.43 Å². The fourth-order valence-electron chi connectivity index (χ4n) is 5.16. The first-order valence-electron chi connectivity index (χ1n) is 10.3. The number of aromatic nitrogens is 1. The van der Waals surface area contributed by atoms with E-state index in [-0.39, 0.29) is 0 Å². The summed E-state index contributed by atoms with van der Waals surface area (Å²) in [6.07, 6.45) is 4.55. The van der Waals surface area contributed by atoms with E-state index in [0.29, 0.717) is 23.0 Å². The number of thiocarbonyl (C=S) groups is 1. The number of piperidine rings is 1. The molecule has 0 saturated carbocycles. The summed E-state index contributed by atoms with van der Waals surface area (Å²) in [4.78, 5) is 6.01. The number of likely N-dealkylation sites (N-methyl/N-ethyl adjacent to an activating group) is 1. The number of para-hydroxylation sites is 1. The van der Waals surface area contributed by atoms with Crippen molar-refractivity contribution in [2.24, 2.45) is 5.92 Å². The number of anilines is 1. The van der Waals surface area contributed by atoms with Gasteiger partial charge in [-0.1, -0.05) is 30.3 Å². The van der Waals surface area contributed by atoms with Crippen LogP contribution in [0, 0.1) is 5.92 Å². The second kappa shape index (κ2) is 7.78. The van der Waals surface area contributed by atoms with Crippen LogP contribution in [-0.2, 0) is 6.42 Å². The van der Waals surface area contributed by atoms with Crippen LogP contribution in [0.4, 0.5) is 5.69 Å². The summed E-state index contributed by atoms with van der Waals surface area (Å²) in [5.74, 6) is 1.16. The summed E-state index contributed by atoms with van der Waals surface area (Å²) >= 11 is 5.40. The zero-order valence-electron chi connectivity index (χ0n) is 16.6. The fraction of sp³-hybridized carbons (Fsp3) is 0.348. The highest BCUT2D eigenvalue weighted by atomic mass is 32.1. The van der Waals surface area contributed by atoms with E-state index < -0.39 is 0 Å². The van der Waals surface area contributed by atoms with Crippen LogP contribution in [-0.4, -0.2) is 41.2 Å². The van der Waals surface area contributed by atoms with Gasteiger partial charge >= 0.3 is 0 Å². The van der Waals surface area contributed by atoms with Crippen molar-refractivity contribution in [1.82, 2.24) is 20.7 Å². The highest BCUT2D eigenvalue weighted by molar-refractivity contribution is 7.80. The molecule has 1 aromatic heterocycles. The number of nitrogens with one attached hydrogen (secondary N) is 4. The zero-order chi connectivity index (χ0) is 19.8. The van der Waals surface area contributed by atoms with Crippen LogP contribution >= 0.6 is 12.2 Å². The minimum Gasteiger partial charge on any atom is -0.361 e. The first-order valence-corrected chi connectivity index (χ1v) is 10.7. The first-order chi connectivity index (χ1) is 14.2. The number of nitrogens with zero attached hydrogens (tertiary/aromatic N) is 1. The molecule has 0 spiro atoms. The van der Waals surface area contributed by atoms with Gasteiger partial charge in [0.25, 0.3) is 0 Å². The molecule has 1 unspecified atom stereocenters. The Labute approximate surface area is 176 Å². The van der Waals surface area contributed by atoms with Crippen molar-refractivity contribution in [3.8, 4) is 0 Å². The number of likely N-dealkylation sites (tertiary alicyclic amines) is 1. The van der Waals surface area contributed by atoms with Crippen molar-refractivity contribution in [2.45, 2.75) is 24.8 Å². The van der Waals surface area contributed by atoms with Crippen molar-refractivity contribution in [3.63, 3.8) is 0 Å². The van der Waals surface area contributed by atoms with Crippen LogP contribution in [0.5, 0.6) is 0 Å². The Morgan fingerprint density at radius 3 is 2.90 bits per heavy atom. The second-order valence-corrected chi connectivity index (χ2v) is 8.74. The normalized spacial score (nSPS) is 23.6. The summed E-state index contributed by atoms with van der Waals surface area (Å²) in [7, 11) is 2.27. The molecule has 1 fully saturated rings. The Bertz CT molecular complexity index is 1010. The van der Waals surface area contributed by atoms with Gasteiger partial charge < -0.3 is 15.2 Å². The molecule has 3 atom stereocenters. The molecule has 0 radical (unpaired) electrons. The molecule has 5 nitrogen and oxygen atoms in total. The fourth-order valence-corrected chi connectivity index (χ4v) is 5.35. The SMILES string of the molecule is CN1C[C@H](CNNC(=S)Nc2ccccc2)CC2c3cccc4[nH]cc(c34)C[C@H]21. The van der Waals surface area contributed by atoms with Crippen LogP contribution in [0.25, 0.3) is 10.9 Å². The maximum Gasteiger partial charge on any atom is 0.185 e. The number of aromatic amines is 1. The minimum atomic E-state index is 0.573. The third kappa shape index (κ3) is 3.64. The molecule has 2 aromatic carbocycles. The molecule has 0 bridgehead atoms. The number of hydrogen-bond donors (Lipinski definition) is 4. The first kappa shape index (κ1) is 18.6. The lowest BCUT2D eigenvalue weighted by molar-refractivity contribution is 0.110. The zero-order valence-corrected chi connectivity index (χ0v) is 17.4. The monoisotopic (exact) mass is 405 g/mol. The predicted octanol–water partition coefficient (Wildman–Crippen LogP) is 3.62. The molecule has 4 N–H and O–H groups in total. The van der Waals surface area contributed by atoms with E-state index in [1.54, 1.807) is 0 Å². The molecule has 1 aliphatic carbocycles. The maximum absolute atomic E-state index is 5.40. The highest BCUT2D eigenvalue weighted by Crippen LogP contribution is 2.44. The minimum absolute atomic E-state index is 0.573. The molecule has 2 heterocycles. The Kier molecular flexibility index (Phi) is 4.99. The summed E-state index contributed by atoms with van der Waals surface area (Å²) in [5, 5.41) is 5.25. The summed E-state index contributed by atoms with van der Waals surface area (Å²) in [5.41, 5.74) is 11.7. The molecule has 0 amide bonds. The number of fused-ring (bicyclic) bond motifs is 2. The van der Waals surface area contributed by atoms with Gasteiger partial charge in [0.15, 0.2) is 5.11 Å². The van der Waals surface area contributed by atoms with E-state index >= 15 is 0 Å². The van der Waals surface area contributed by atoms with E-state index in [0.717, 1.165) is 25.2 Å². The maximum atomic E-state index is 5.40. The number of benzene rings is 2. The molecular formula is C23H27N5S. The van der Waals surface area contributed by atoms with Crippen LogP contribution in [0.2, 0.25) is 0 Å². The smallest absolute Gasteiger partial charge is 0.185 e. The molecular weight excluding hydrogens is 378 g/mol. The number of H-pyrrole nitrogens is 1. The van der Waals surface area contributed by atoms with Gasteiger partial charge in [-0.2, -0.15) is 0 Å². The van der Waals surface area contributed by atoms with Crippen LogP contribution in [0.3, 0.4) is 0 Å². The summed E-state index contributed by atoms with van der Waals surface area (Å²) < 4.78 is 0. The molecule has 2 aliphatic rings. The molecule has 6 heteroatoms. The average molecular weight is 406 g/mol. The van der Waals surface area contributed by atoms with Gasteiger partial charge in [-0.15, -0.1) is 0 Å². The topological polar surface area (TPSA) is 55.1 Å². The molecule has 5 rings (SSSR count). The number of hydrazine groups is 1. The van der Waals surface area contributed by atoms with E-state index in [9.17, 15) is 0 Å². The second-order valence-electron chi connectivity index (χ2n) is 8.33. The lowest BCUT2D eigenvalue weighted by Crippen LogP contribution is -2.51.